The molecule has 0 unspecified atom stereocenters. The first kappa shape index (κ1) is 14.6. The van der Waals surface area contributed by atoms with Crippen molar-refractivity contribution in [1.29, 1.82) is 0 Å². The molecule has 118 valence electrons. The second-order valence-corrected chi connectivity index (χ2v) is 6.22. The van der Waals surface area contributed by atoms with Gasteiger partial charge in [-0.1, -0.05) is 44.2 Å². The van der Waals surface area contributed by atoms with Gasteiger partial charge in [0.1, 0.15) is 5.69 Å². The normalized spacial score (nSPS) is 11.3. The SMILES string of the molecule is CC(C)c1ccnc(-c2nc3ccccc3n2-c2ccccc2)c1. The molecule has 24 heavy (non-hydrogen) atoms. The second kappa shape index (κ2) is 5.93. The number of hydrogen-bond acceptors (Lipinski definition) is 2. The minimum atomic E-state index is 0.460. The third-order valence-corrected chi connectivity index (χ3v) is 4.25. The predicted molar refractivity (Wildman–Crippen MR) is 98.4 cm³/mol. The third kappa shape index (κ3) is 2.48. The lowest BCUT2D eigenvalue weighted by Gasteiger charge is -2.11. The van der Waals surface area contributed by atoms with Crippen molar-refractivity contribution in [2.24, 2.45) is 0 Å². The van der Waals surface area contributed by atoms with Gasteiger partial charge >= 0.3 is 0 Å². The van der Waals surface area contributed by atoms with Crippen molar-refractivity contribution in [2.75, 3.05) is 0 Å². The van der Waals surface area contributed by atoms with Gasteiger partial charge in [-0.25, -0.2) is 4.98 Å². The largest absolute Gasteiger partial charge is 0.291 e. The highest BCUT2D eigenvalue weighted by Crippen LogP contribution is 2.28. The predicted octanol–water partition coefficient (Wildman–Crippen LogP) is 5.21. The van der Waals surface area contributed by atoms with Crippen LogP contribution in [0.15, 0.2) is 72.9 Å². The molecule has 0 radical (unpaired) electrons. The molecule has 0 fully saturated rings. The molecule has 0 saturated heterocycles. The molecule has 2 aromatic carbocycles. The lowest BCUT2D eigenvalue weighted by atomic mass is 10.0. The molecule has 0 aliphatic carbocycles. The number of pyridine rings is 1. The summed E-state index contributed by atoms with van der Waals surface area (Å²) in [5.41, 5.74) is 5.34. The Kier molecular flexibility index (Phi) is 3.62. The van der Waals surface area contributed by atoms with Crippen molar-refractivity contribution < 1.29 is 0 Å². The van der Waals surface area contributed by atoms with Crippen LogP contribution in [0.4, 0.5) is 0 Å². The van der Waals surface area contributed by atoms with Gasteiger partial charge < -0.3 is 0 Å². The summed E-state index contributed by atoms with van der Waals surface area (Å²) >= 11 is 0. The molecule has 0 spiro atoms. The summed E-state index contributed by atoms with van der Waals surface area (Å²) in [4.78, 5) is 9.45. The molecule has 3 nitrogen and oxygen atoms in total. The quantitative estimate of drug-likeness (QED) is 0.520. The zero-order valence-corrected chi connectivity index (χ0v) is 13.8. The molecule has 0 saturated carbocycles. The molecule has 0 aliphatic rings. The summed E-state index contributed by atoms with van der Waals surface area (Å²) < 4.78 is 2.18. The number of para-hydroxylation sites is 3. The van der Waals surface area contributed by atoms with Gasteiger partial charge in [-0.2, -0.15) is 0 Å². The average Bonchev–Trinajstić information content (AvgIpc) is 3.02. The van der Waals surface area contributed by atoms with Gasteiger partial charge in [-0.3, -0.25) is 9.55 Å². The Balaban J connectivity index is 2.00. The fourth-order valence-corrected chi connectivity index (χ4v) is 2.96. The molecule has 2 aromatic heterocycles. The number of imidazole rings is 1. The number of nitrogens with zero attached hydrogens (tertiary/aromatic N) is 3. The van der Waals surface area contributed by atoms with E-state index in [4.69, 9.17) is 4.98 Å². The van der Waals surface area contributed by atoms with Crippen molar-refractivity contribution in [3.05, 3.63) is 78.5 Å². The molecule has 0 bridgehead atoms. The molecule has 0 amide bonds. The maximum Gasteiger partial charge on any atom is 0.164 e. The summed E-state index contributed by atoms with van der Waals surface area (Å²) in [5, 5.41) is 0. The van der Waals surface area contributed by atoms with E-state index in [-0.39, 0.29) is 0 Å². The molecule has 0 N–H and O–H groups in total. The highest BCUT2D eigenvalue weighted by molar-refractivity contribution is 5.82. The zero-order valence-electron chi connectivity index (χ0n) is 13.8. The Bertz CT molecular complexity index is 984. The van der Waals surface area contributed by atoms with E-state index in [1.54, 1.807) is 0 Å². The number of hydrogen-bond donors (Lipinski definition) is 0. The monoisotopic (exact) mass is 313 g/mol. The summed E-state index contributed by atoms with van der Waals surface area (Å²) in [5.74, 6) is 1.34. The van der Waals surface area contributed by atoms with Gasteiger partial charge in [0.15, 0.2) is 5.82 Å². The summed E-state index contributed by atoms with van der Waals surface area (Å²) in [6.07, 6.45) is 1.87. The van der Waals surface area contributed by atoms with Crippen LogP contribution in [0.1, 0.15) is 25.3 Å². The molecular formula is C21H19N3. The molecule has 3 heteroatoms. The van der Waals surface area contributed by atoms with E-state index in [1.807, 2.05) is 42.6 Å². The van der Waals surface area contributed by atoms with Crippen LogP contribution in [-0.4, -0.2) is 14.5 Å². The lowest BCUT2D eigenvalue weighted by Crippen LogP contribution is -1.99. The van der Waals surface area contributed by atoms with Gasteiger partial charge in [-0.05, 0) is 47.9 Å². The zero-order chi connectivity index (χ0) is 16.5. The summed E-state index contributed by atoms with van der Waals surface area (Å²) in [6, 6.07) is 22.8. The molecule has 4 rings (SSSR count). The second-order valence-electron chi connectivity index (χ2n) is 6.22. The Hall–Kier alpha value is -2.94. The van der Waals surface area contributed by atoms with Gasteiger partial charge in [0.25, 0.3) is 0 Å². The Morgan fingerprint density at radius 1 is 0.875 bits per heavy atom. The standard InChI is InChI=1S/C21H19N3/c1-15(2)16-12-13-22-19(14-16)21-23-18-10-6-7-11-20(18)24(21)17-8-4-3-5-9-17/h3-15H,1-2H3. The highest BCUT2D eigenvalue weighted by atomic mass is 15.1. The Morgan fingerprint density at radius 2 is 1.62 bits per heavy atom. The highest BCUT2D eigenvalue weighted by Gasteiger charge is 2.15. The van der Waals surface area contributed by atoms with Crippen molar-refractivity contribution >= 4 is 11.0 Å². The van der Waals surface area contributed by atoms with Gasteiger partial charge in [-0.15, -0.1) is 0 Å². The summed E-state index contributed by atoms with van der Waals surface area (Å²) in [6.45, 7) is 4.39. The van der Waals surface area contributed by atoms with Crippen molar-refractivity contribution in [3.8, 4) is 17.2 Å². The first-order valence-corrected chi connectivity index (χ1v) is 8.23. The smallest absolute Gasteiger partial charge is 0.164 e. The Labute approximate surface area is 141 Å². The van der Waals surface area contributed by atoms with Crippen LogP contribution in [0.5, 0.6) is 0 Å². The molecule has 0 atom stereocenters. The molecule has 2 heterocycles. The molecular weight excluding hydrogens is 294 g/mol. The minimum absolute atomic E-state index is 0.460. The molecule has 4 aromatic rings. The van der Waals surface area contributed by atoms with Gasteiger partial charge in [0, 0.05) is 11.9 Å². The van der Waals surface area contributed by atoms with E-state index in [0.717, 1.165) is 28.2 Å². The van der Waals surface area contributed by atoms with Crippen molar-refractivity contribution in [1.82, 2.24) is 14.5 Å². The average molecular weight is 313 g/mol. The minimum Gasteiger partial charge on any atom is -0.291 e. The first-order chi connectivity index (χ1) is 11.7. The van der Waals surface area contributed by atoms with Crippen LogP contribution in [0.2, 0.25) is 0 Å². The number of benzene rings is 2. The number of aromatic nitrogens is 3. The molecule has 0 aliphatic heterocycles. The van der Waals surface area contributed by atoms with Crippen LogP contribution >= 0.6 is 0 Å². The van der Waals surface area contributed by atoms with E-state index in [1.165, 1.54) is 5.56 Å². The van der Waals surface area contributed by atoms with E-state index in [9.17, 15) is 0 Å². The maximum absolute atomic E-state index is 4.86. The number of fused-ring (bicyclic) bond motifs is 1. The van der Waals surface area contributed by atoms with E-state index in [0.29, 0.717) is 5.92 Å². The summed E-state index contributed by atoms with van der Waals surface area (Å²) in [7, 11) is 0. The van der Waals surface area contributed by atoms with Gasteiger partial charge in [0.05, 0.1) is 11.0 Å². The maximum atomic E-state index is 4.86. The van der Waals surface area contributed by atoms with Crippen molar-refractivity contribution in [3.63, 3.8) is 0 Å². The van der Waals surface area contributed by atoms with Crippen LogP contribution in [0, 0.1) is 0 Å². The van der Waals surface area contributed by atoms with E-state index >= 15 is 0 Å². The van der Waals surface area contributed by atoms with Crippen LogP contribution in [0.25, 0.3) is 28.2 Å². The fourth-order valence-electron chi connectivity index (χ4n) is 2.96. The van der Waals surface area contributed by atoms with Gasteiger partial charge in [0.2, 0.25) is 0 Å². The Morgan fingerprint density at radius 3 is 2.42 bits per heavy atom. The topological polar surface area (TPSA) is 30.7 Å². The van der Waals surface area contributed by atoms with Crippen molar-refractivity contribution in [2.45, 2.75) is 19.8 Å². The third-order valence-electron chi connectivity index (χ3n) is 4.25. The van der Waals surface area contributed by atoms with Crippen LogP contribution < -0.4 is 0 Å². The lowest BCUT2D eigenvalue weighted by molar-refractivity contribution is 0.862. The fraction of sp³-hybridized carbons (Fsp3) is 0.143. The van der Waals surface area contributed by atoms with Crippen LogP contribution in [0.3, 0.4) is 0 Å². The first-order valence-electron chi connectivity index (χ1n) is 8.23. The van der Waals surface area contributed by atoms with Crippen LogP contribution in [-0.2, 0) is 0 Å². The van der Waals surface area contributed by atoms with E-state index < -0.39 is 0 Å². The van der Waals surface area contributed by atoms with E-state index in [2.05, 4.69) is 53.7 Å². The number of rotatable bonds is 3.